The van der Waals surface area contributed by atoms with Crippen LogP contribution in [0.25, 0.3) is 0 Å². The quantitative estimate of drug-likeness (QED) is 0.806. The van der Waals surface area contributed by atoms with Crippen LogP contribution >= 0.6 is 0 Å². The molecule has 0 heterocycles. The highest BCUT2D eigenvalue weighted by Crippen LogP contribution is 2.24. The van der Waals surface area contributed by atoms with Crippen molar-refractivity contribution in [3.8, 4) is 0 Å². The molecule has 0 saturated heterocycles. The van der Waals surface area contributed by atoms with Crippen molar-refractivity contribution in [2.75, 3.05) is 20.1 Å². The zero-order valence-corrected chi connectivity index (χ0v) is 12.2. The van der Waals surface area contributed by atoms with Crippen molar-refractivity contribution in [2.24, 2.45) is 0 Å². The Balaban J connectivity index is 1.95. The molecule has 5 heteroatoms. The van der Waals surface area contributed by atoms with Gasteiger partial charge in [-0.25, -0.2) is 0 Å². The summed E-state index contributed by atoms with van der Waals surface area (Å²) in [6.07, 6.45) is 9.48. The van der Waals surface area contributed by atoms with Crippen LogP contribution in [0.5, 0.6) is 0 Å². The summed E-state index contributed by atoms with van der Waals surface area (Å²) in [5.41, 5.74) is 1.08. The Kier molecular flexibility index (Phi) is 5.17. The lowest BCUT2D eigenvalue weighted by Gasteiger charge is -2.29. The fraction of sp³-hybridized carbons (Fsp3) is 0.733. The number of carboxylic acid groups (broad SMARTS) is 1. The van der Waals surface area contributed by atoms with E-state index in [1.807, 2.05) is 4.90 Å². The minimum atomic E-state index is -0.854. The molecule has 0 aromatic heterocycles. The monoisotopic (exact) mass is 280 g/mol. The molecule has 2 aliphatic carbocycles. The topological polar surface area (TPSA) is 60.9 Å². The largest absolute Gasteiger partial charge is 0.480 e. The number of amides is 1. The van der Waals surface area contributed by atoms with Crippen LogP contribution < -0.4 is 0 Å². The van der Waals surface area contributed by atoms with Crippen molar-refractivity contribution >= 4 is 11.9 Å². The molecule has 1 N–H and O–H groups in total. The Morgan fingerprint density at radius 1 is 1.25 bits per heavy atom. The fourth-order valence-electron chi connectivity index (χ4n) is 3.16. The molecule has 1 amide bonds. The predicted octanol–water partition coefficient (Wildman–Crippen LogP) is 1.84. The van der Waals surface area contributed by atoms with E-state index in [1.54, 1.807) is 11.9 Å². The molecule has 0 unspecified atom stereocenters. The van der Waals surface area contributed by atoms with Crippen LogP contribution in [0.1, 0.15) is 44.9 Å². The van der Waals surface area contributed by atoms with Crippen LogP contribution in [-0.2, 0) is 9.59 Å². The van der Waals surface area contributed by atoms with Gasteiger partial charge in [0.25, 0.3) is 0 Å². The van der Waals surface area contributed by atoms with Gasteiger partial charge >= 0.3 is 5.97 Å². The number of nitrogens with zero attached hydrogens (tertiary/aromatic N) is 2. The van der Waals surface area contributed by atoms with Crippen molar-refractivity contribution in [2.45, 2.75) is 51.0 Å². The summed E-state index contributed by atoms with van der Waals surface area (Å²) in [6.45, 7) is 0.175. The third-order valence-corrected chi connectivity index (χ3v) is 4.34. The van der Waals surface area contributed by atoms with Gasteiger partial charge in [-0.3, -0.25) is 14.5 Å². The van der Waals surface area contributed by atoms with E-state index in [4.69, 9.17) is 5.11 Å². The first-order valence-corrected chi connectivity index (χ1v) is 7.49. The molecule has 0 atom stereocenters. The highest BCUT2D eigenvalue weighted by atomic mass is 16.4. The number of hydrogen-bond donors (Lipinski definition) is 1. The minimum absolute atomic E-state index is 0.00583. The Hall–Kier alpha value is -1.36. The van der Waals surface area contributed by atoms with E-state index in [2.05, 4.69) is 6.08 Å². The van der Waals surface area contributed by atoms with E-state index in [-0.39, 0.29) is 25.0 Å². The van der Waals surface area contributed by atoms with Gasteiger partial charge < -0.3 is 10.0 Å². The van der Waals surface area contributed by atoms with Gasteiger partial charge in [0.2, 0.25) is 5.91 Å². The molecule has 2 aliphatic rings. The molecule has 2 rings (SSSR count). The lowest BCUT2D eigenvalue weighted by Crippen LogP contribution is -2.44. The molecule has 5 nitrogen and oxygen atoms in total. The van der Waals surface area contributed by atoms with Crippen LogP contribution in [0.2, 0.25) is 0 Å². The highest BCUT2D eigenvalue weighted by Gasteiger charge is 2.27. The number of rotatable bonds is 6. The zero-order valence-electron chi connectivity index (χ0n) is 12.2. The third-order valence-electron chi connectivity index (χ3n) is 4.34. The van der Waals surface area contributed by atoms with Gasteiger partial charge in [0.1, 0.15) is 0 Å². The van der Waals surface area contributed by atoms with E-state index in [0.29, 0.717) is 0 Å². The summed E-state index contributed by atoms with van der Waals surface area (Å²) in [7, 11) is 1.80. The summed E-state index contributed by atoms with van der Waals surface area (Å²) in [5.74, 6) is -0.848. The van der Waals surface area contributed by atoms with E-state index in [9.17, 15) is 9.59 Å². The second kappa shape index (κ2) is 6.88. The molecule has 0 aromatic carbocycles. The zero-order chi connectivity index (χ0) is 14.5. The smallest absolute Gasteiger partial charge is 0.317 e. The number of carboxylic acids is 1. The molecule has 0 radical (unpaired) electrons. The third kappa shape index (κ3) is 3.82. The van der Waals surface area contributed by atoms with Crippen LogP contribution in [-0.4, -0.2) is 53.0 Å². The van der Waals surface area contributed by atoms with Crippen molar-refractivity contribution in [3.63, 3.8) is 0 Å². The number of carbonyl (C=O) groups is 2. The van der Waals surface area contributed by atoms with Crippen LogP contribution in [0.15, 0.2) is 11.8 Å². The van der Waals surface area contributed by atoms with Crippen LogP contribution in [0.4, 0.5) is 0 Å². The summed E-state index contributed by atoms with van der Waals surface area (Å²) in [5, 5.41) is 9.03. The maximum Gasteiger partial charge on any atom is 0.317 e. The molecular formula is C15H24N2O3. The lowest BCUT2D eigenvalue weighted by molar-refractivity contribution is -0.140. The molecule has 20 heavy (non-hydrogen) atoms. The predicted molar refractivity (Wildman–Crippen MR) is 76.2 cm³/mol. The van der Waals surface area contributed by atoms with E-state index in [1.165, 1.54) is 0 Å². The van der Waals surface area contributed by atoms with Gasteiger partial charge in [-0.05, 0) is 32.1 Å². The van der Waals surface area contributed by atoms with E-state index >= 15 is 0 Å². The molecule has 0 bridgehead atoms. The first-order valence-electron chi connectivity index (χ1n) is 7.49. The number of hydrogen-bond acceptors (Lipinski definition) is 3. The molecule has 1 fully saturated rings. The maximum atomic E-state index is 12.3. The standard InChI is InChI=1S/C15H24N2O3/c1-16(12-6-2-3-7-12)14(18)10-17(11-15(19)20)13-8-4-5-9-13/h6,13H,2-5,7-11H2,1H3,(H,19,20). The Morgan fingerprint density at radius 3 is 2.50 bits per heavy atom. The molecule has 0 aromatic rings. The van der Waals surface area contributed by atoms with Gasteiger partial charge in [0.05, 0.1) is 13.1 Å². The Morgan fingerprint density at radius 2 is 1.95 bits per heavy atom. The fourth-order valence-corrected chi connectivity index (χ4v) is 3.16. The average Bonchev–Trinajstić information content (AvgIpc) is 3.09. The first-order chi connectivity index (χ1) is 9.58. The average molecular weight is 280 g/mol. The summed E-state index contributed by atoms with van der Waals surface area (Å²) in [4.78, 5) is 26.9. The van der Waals surface area contributed by atoms with Crippen molar-refractivity contribution in [1.29, 1.82) is 0 Å². The summed E-state index contributed by atoms with van der Waals surface area (Å²) >= 11 is 0. The maximum absolute atomic E-state index is 12.3. The van der Waals surface area contributed by atoms with Crippen molar-refractivity contribution in [3.05, 3.63) is 11.8 Å². The van der Waals surface area contributed by atoms with Crippen molar-refractivity contribution in [1.82, 2.24) is 9.80 Å². The Labute approximate surface area is 120 Å². The number of aliphatic carboxylic acids is 1. The first kappa shape index (κ1) is 15.0. The van der Waals surface area contributed by atoms with E-state index < -0.39 is 5.97 Å². The van der Waals surface area contributed by atoms with Crippen LogP contribution in [0.3, 0.4) is 0 Å². The normalized spacial score (nSPS) is 19.4. The number of likely N-dealkylation sites (N-methyl/N-ethyl adjacent to an activating group) is 1. The van der Waals surface area contributed by atoms with Gasteiger partial charge in [-0.2, -0.15) is 0 Å². The van der Waals surface area contributed by atoms with Gasteiger partial charge in [-0.1, -0.05) is 18.9 Å². The second-order valence-corrected chi connectivity index (χ2v) is 5.78. The Bertz CT molecular complexity index is 400. The van der Waals surface area contributed by atoms with Crippen LogP contribution in [0, 0.1) is 0 Å². The van der Waals surface area contributed by atoms with Gasteiger partial charge in [-0.15, -0.1) is 0 Å². The van der Waals surface area contributed by atoms with Gasteiger partial charge in [0, 0.05) is 18.8 Å². The molecule has 0 spiro atoms. The lowest BCUT2D eigenvalue weighted by atomic mass is 10.2. The molecule has 112 valence electrons. The second-order valence-electron chi connectivity index (χ2n) is 5.78. The highest BCUT2D eigenvalue weighted by molar-refractivity contribution is 5.80. The SMILES string of the molecule is CN(C(=O)CN(CC(=O)O)C1CCCC1)C1=CCCC1. The molecular weight excluding hydrogens is 256 g/mol. The molecule has 0 aliphatic heterocycles. The molecule has 1 saturated carbocycles. The summed E-state index contributed by atoms with van der Waals surface area (Å²) < 4.78 is 0. The number of allylic oxidation sites excluding steroid dienone is 2. The van der Waals surface area contributed by atoms with Crippen molar-refractivity contribution < 1.29 is 14.7 Å². The number of carbonyl (C=O) groups excluding carboxylic acids is 1. The van der Waals surface area contributed by atoms with Gasteiger partial charge in [0.15, 0.2) is 0 Å². The minimum Gasteiger partial charge on any atom is -0.480 e. The summed E-state index contributed by atoms with van der Waals surface area (Å²) in [6, 6.07) is 0.251. The van der Waals surface area contributed by atoms with E-state index in [0.717, 1.165) is 50.6 Å².